The first-order valence-corrected chi connectivity index (χ1v) is 11.0. The van der Waals surface area contributed by atoms with Crippen LogP contribution in [-0.4, -0.2) is 54.4 Å². The van der Waals surface area contributed by atoms with Gasteiger partial charge in [0.25, 0.3) is 5.91 Å². The summed E-state index contributed by atoms with van der Waals surface area (Å²) in [5.41, 5.74) is 1.49. The van der Waals surface area contributed by atoms with E-state index in [0.717, 1.165) is 49.8 Å². The second kappa shape index (κ2) is 9.94. The number of aromatic nitrogens is 4. The fourth-order valence-electron chi connectivity index (χ4n) is 3.64. The van der Waals surface area contributed by atoms with Gasteiger partial charge in [-0.05, 0) is 43.7 Å². The number of nitrogens with zero attached hydrogens (tertiary/aromatic N) is 5. The number of hydrogen-bond donors (Lipinski definition) is 2. The zero-order chi connectivity index (χ0) is 23.3. The van der Waals surface area contributed by atoms with Crippen molar-refractivity contribution in [3.63, 3.8) is 0 Å². The summed E-state index contributed by atoms with van der Waals surface area (Å²) in [6.45, 7) is 7.03. The maximum Gasteiger partial charge on any atom is 0.270 e. The molecule has 0 saturated carbocycles. The Labute approximate surface area is 193 Å². The van der Waals surface area contributed by atoms with E-state index in [1.165, 1.54) is 5.56 Å². The summed E-state index contributed by atoms with van der Waals surface area (Å²) < 4.78 is 2.11. The number of amides is 1. The SMILES string of the molecule is CC(C)(O)C#Cc1ccc(CN2CCc3nnc(CNC(=O)c4ccccn4)n3CC2)cc1. The van der Waals surface area contributed by atoms with Gasteiger partial charge in [-0.3, -0.25) is 14.7 Å². The van der Waals surface area contributed by atoms with Crippen LogP contribution >= 0.6 is 0 Å². The summed E-state index contributed by atoms with van der Waals surface area (Å²) in [5, 5.41) is 21.3. The van der Waals surface area contributed by atoms with E-state index < -0.39 is 5.60 Å². The van der Waals surface area contributed by atoms with Gasteiger partial charge in [0.15, 0.2) is 5.82 Å². The average molecular weight is 445 g/mol. The van der Waals surface area contributed by atoms with Crippen molar-refractivity contribution >= 4 is 5.91 Å². The average Bonchev–Trinajstić information content (AvgIpc) is 3.09. The molecule has 4 rings (SSSR count). The van der Waals surface area contributed by atoms with Crippen molar-refractivity contribution in [1.29, 1.82) is 0 Å². The minimum Gasteiger partial charge on any atom is -0.378 e. The Morgan fingerprint density at radius 2 is 1.94 bits per heavy atom. The third-order valence-electron chi connectivity index (χ3n) is 5.37. The fraction of sp³-hybridized carbons (Fsp3) is 0.360. The maximum atomic E-state index is 12.3. The van der Waals surface area contributed by atoms with Crippen LogP contribution < -0.4 is 5.32 Å². The lowest BCUT2D eigenvalue weighted by molar-refractivity contribution is 0.0944. The second-order valence-corrected chi connectivity index (χ2v) is 8.61. The normalized spacial score (nSPS) is 14.0. The highest BCUT2D eigenvalue weighted by Crippen LogP contribution is 2.13. The molecule has 3 heterocycles. The molecular formula is C25H28N6O2. The molecule has 8 heteroatoms. The summed E-state index contributed by atoms with van der Waals surface area (Å²) in [6, 6.07) is 13.4. The van der Waals surface area contributed by atoms with E-state index in [9.17, 15) is 9.90 Å². The standard InChI is InChI=1S/C25H28N6O2/c1-25(2,33)12-10-19-6-8-20(9-7-19)18-30-14-11-22-28-29-23(31(22)16-15-30)17-27-24(32)21-5-3-4-13-26-21/h3-9,13,33H,11,14-18H2,1-2H3,(H,27,32). The summed E-state index contributed by atoms with van der Waals surface area (Å²) in [5.74, 6) is 7.31. The van der Waals surface area contributed by atoms with Gasteiger partial charge >= 0.3 is 0 Å². The van der Waals surface area contributed by atoms with E-state index in [0.29, 0.717) is 12.2 Å². The van der Waals surface area contributed by atoms with Crippen molar-refractivity contribution in [3.05, 3.63) is 77.1 Å². The van der Waals surface area contributed by atoms with E-state index in [1.807, 2.05) is 12.1 Å². The number of hydrogen-bond acceptors (Lipinski definition) is 6. The number of rotatable bonds is 5. The van der Waals surface area contributed by atoms with Gasteiger partial charge in [-0.15, -0.1) is 10.2 Å². The van der Waals surface area contributed by atoms with Crippen LogP contribution in [0.15, 0.2) is 48.7 Å². The van der Waals surface area contributed by atoms with Crippen molar-refractivity contribution < 1.29 is 9.90 Å². The first-order valence-electron chi connectivity index (χ1n) is 11.0. The smallest absolute Gasteiger partial charge is 0.270 e. The third-order valence-corrected chi connectivity index (χ3v) is 5.37. The molecule has 170 valence electrons. The lowest BCUT2D eigenvalue weighted by Gasteiger charge is -2.19. The van der Waals surface area contributed by atoms with E-state index in [2.05, 4.69) is 53.9 Å². The van der Waals surface area contributed by atoms with Crippen LogP contribution in [0.1, 0.15) is 47.1 Å². The highest BCUT2D eigenvalue weighted by atomic mass is 16.3. The molecular weight excluding hydrogens is 416 g/mol. The largest absolute Gasteiger partial charge is 0.378 e. The van der Waals surface area contributed by atoms with E-state index in [1.54, 1.807) is 38.2 Å². The molecule has 1 aliphatic heterocycles. The van der Waals surface area contributed by atoms with E-state index in [-0.39, 0.29) is 5.91 Å². The molecule has 0 unspecified atom stereocenters. The minimum absolute atomic E-state index is 0.223. The van der Waals surface area contributed by atoms with Crippen LogP contribution in [0.25, 0.3) is 0 Å². The Kier molecular flexibility index (Phi) is 6.82. The van der Waals surface area contributed by atoms with Crippen LogP contribution in [0, 0.1) is 11.8 Å². The number of benzene rings is 1. The summed E-state index contributed by atoms with van der Waals surface area (Å²) >= 11 is 0. The number of pyridine rings is 1. The summed E-state index contributed by atoms with van der Waals surface area (Å²) in [4.78, 5) is 18.8. The van der Waals surface area contributed by atoms with Crippen LogP contribution in [0.4, 0.5) is 0 Å². The van der Waals surface area contributed by atoms with Crippen molar-refractivity contribution in [1.82, 2.24) is 30.0 Å². The van der Waals surface area contributed by atoms with Gasteiger partial charge in [-0.25, -0.2) is 0 Å². The van der Waals surface area contributed by atoms with Gasteiger partial charge in [0.05, 0.1) is 6.54 Å². The molecule has 0 atom stereocenters. The van der Waals surface area contributed by atoms with Crippen molar-refractivity contribution in [2.45, 2.75) is 45.5 Å². The Balaban J connectivity index is 1.33. The van der Waals surface area contributed by atoms with E-state index >= 15 is 0 Å². The molecule has 0 bridgehead atoms. The Morgan fingerprint density at radius 3 is 2.67 bits per heavy atom. The monoisotopic (exact) mass is 444 g/mol. The van der Waals surface area contributed by atoms with Gasteiger partial charge in [-0.2, -0.15) is 0 Å². The molecule has 0 radical (unpaired) electrons. The quantitative estimate of drug-likeness (QED) is 0.583. The van der Waals surface area contributed by atoms with Crippen LogP contribution in [0.3, 0.4) is 0 Å². The number of nitrogens with one attached hydrogen (secondary N) is 1. The molecule has 3 aromatic rings. The lowest BCUT2D eigenvalue weighted by atomic mass is 10.1. The first-order chi connectivity index (χ1) is 15.9. The van der Waals surface area contributed by atoms with E-state index in [4.69, 9.17) is 0 Å². The first kappa shape index (κ1) is 22.6. The van der Waals surface area contributed by atoms with Gasteiger partial charge < -0.3 is 15.0 Å². The Bertz CT molecular complexity index is 1150. The molecule has 1 aromatic carbocycles. The fourth-order valence-corrected chi connectivity index (χ4v) is 3.64. The Morgan fingerprint density at radius 1 is 1.12 bits per heavy atom. The predicted molar refractivity (Wildman–Crippen MR) is 124 cm³/mol. The minimum atomic E-state index is -0.996. The third kappa shape index (κ3) is 6.25. The molecule has 0 fully saturated rings. The lowest BCUT2D eigenvalue weighted by Crippen LogP contribution is -2.28. The Hall–Kier alpha value is -3.54. The zero-order valence-electron chi connectivity index (χ0n) is 19.0. The molecule has 0 spiro atoms. The summed E-state index contributed by atoms with van der Waals surface area (Å²) in [6.07, 6.45) is 2.40. The highest BCUT2D eigenvalue weighted by Gasteiger charge is 2.19. The number of carbonyl (C=O) groups excluding carboxylic acids is 1. The highest BCUT2D eigenvalue weighted by molar-refractivity contribution is 5.92. The van der Waals surface area contributed by atoms with Crippen molar-refractivity contribution in [2.24, 2.45) is 0 Å². The second-order valence-electron chi connectivity index (χ2n) is 8.61. The molecule has 0 aliphatic carbocycles. The maximum absolute atomic E-state index is 12.3. The molecule has 8 nitrogen and oxygen atoms in total. The van der Waals surface area contributed by atoms with Crippen LogP contribution in [-0.2, 0) is 26.1 Å². The predicted octanol–water partition coefficient (Wildman–Crippen LogP) is 1.78. The number of fused-ring (bicyclic) bond motifs is 1. The topological polar surface area (TPSA) is 96.2 Å². The molecule has 2 aromatic heterocycles. The van der Waals surface area contributed by atoms with Gasteiger partial charge in [0, 0.05) is 44.4 Å². The molecule has 33 heavy (non-hydrogen) atoms. The molecule has 1 aliphatic rings. The van der Waals surface area contributed by atoms with Gasteiger partial charge in [0.2, 0.25) is 0 Å². The zero-order valence-corrected chi connectivity index (χ0v) is 19.0. The molecule has 0 saturated heterocycles. The van der Waals surface area contributed by atoms with Crippen LogP contribution in [0.2, 0.25) is 0 Å². The van der Waals surface area contributed by atoms with Crippen molar-refractivity contribution in [2.75, 3.05) is 13.1 Å². The number of aliphatic hydroxyl groups is 1. The number of carbonyl (C=O) groups is 1. The van der Waals surface area contributed by atoms with Gasteiger partial charge in [-0.1, -0.05) is 30.0 Å². The molecule has 2 N–H and O–H groups in total. The van der Waals surface area contributed by atoms with Crippen molar-refractivity contribution in [3.8, 4) is 11.8 Å². The van der Waals surface area contributed by atoms with Gasteiger partial charge in [0.1, 0.15) is 17.1 Å². The summed E-state index contributed by atoms with van der Waals surface area (Å²) in [7, 11) is 0. The van der Waals surface area contributed by atoms with Crippen LogP contribution in [0.5, 0.6) is 0 Å². The molecule has 1 amide bonds.